The Kier molecular flexibility index (Phi) is 8.63. The summed E-state index contributed by atoms with van der Waals surface area (Å²) < 4.78 is 0. The Morgan fingerprint density at radius 3 is 2.60 bits per heavy atom. The van der Waals surface area contributed by atoms with Crippen molar-refractivity contribution in [3.8, 4) is 0 Å². The molecule has 0 aliphatic rings. The largest absolute Gasteiger partial charge is 0.304 e. The molecular formula is C17H27NOS. The topological polar surface area (TPSA) is 20.3 Å². The molecule has 0 radical (unpaired) electrons. The van der Waals surface area contributed by atoms with Crippen LogP contribution in [0.2, 0.25) is 0 Å². The first kappa shape index (κ1) is 17.3. The maximum Gasteiger partial charge on any atom is 0.219 e. The predicted octanol–water partition coefficient (Wildman–Crippen LogP) is 4.24. The Bertz CT molecular complexity index is 402. The average Bonchev–Trinajstić information content (AvgIpc) is 2.48. The molecule has 0 spiro atoms. The van der Waals surface area contributed by atoms with Gasteiger partial charge in [-0.1, -0.05) is 57.2 Å². The molecule has 112 valence electrons. The minimum Gasteiger partial charge on any atom is -0.304 e. The van der Waals surface area contributed by atoms with Gasteiger partial charge in [0.05, 0.1) is 0 Å². The van der Waals surface area contributed by atoms with Crippen LogP contribution >= 0.6 is 11.8 Å². The minimum absolute atomic E-state index is 0.211. The van der Waals surface area contributed by atoms with Crippen LogP contribution in [0.1, 0.15) is 49.5 Å². The first-order chi connectivity index (χ1) is 9.71. The van der Waals surface area contributed by atoms with Crippen LogP contribution in [0, 0.1) is 0 Å². The Balaban J connectivity index is 2.37. The van der Waals surface area contributed by atoms with Gasteiger partial charge in [-0.3, -0.25) is 4.79 Å². The molecule has 0 bridgehead atoms. The fraction of sp³-hybridized carbons (Fsp3) is 0.588. The fourth-order valence-corrected chi connectivity index (χ4v) is 2.97. The molecule has 1 aromatic rings. The van der Waals surface area contributed by atoms with E-state index in [1.54, 1.807) is 0 Å². The highest BCUT2D eigenvalue weighted by Crippen LogP contribution is 2.16. The van der Waals surface area contributed by atoms with E-state index in [0.717, 1.165) is 50.2 Å². The molecule has 0 atom stereocenters. The maximum atomic E-state index is 12.1. The van der Waals surface area contributed by atoms with E-state index in [1.165, 1.54) is 17.3 Å². The monoisotopic (exact) mass is 293 g/mol. The van der Waals surface area contributed by atoms with E-state index in [9.17, 15) is 4.79 Å². The van der Waals surface area contributed by atoms with Crippen molar-refractivity contribution >= 4 is 16.9 Å². The second kappa shape index (κ2) is 10.0. The number of benzene rings is 1. The van der Waals surface area contributed by atoms with E-state index < -0.39 is 0 Å². The molecule has 0 fully saturated rings. The normalized spacial score (nSPS) is 11.0. The lowest BCUT2D eigenvalue weighted by molar-refractivity contribution is 0.108. The second-order valence-corrected chi connectivity index (χ2v) is 6.03. The maximum absolute atomic E-state index is 12.1. The zero-order valence-corrected chi connectivity index (χ0v) is 13.8. The minimum atomic E-state index is 0.211. The predicted molar refractivity (Wildman–Crippen MR) is 89.6 cm³/mol. The van der Waals surface area contributed by atoms with E-state index in [4.69, 9.17) is 0 Å². The van der Waals surface area contributed by atoms with Gasteiger partial charge in [-0.2, -0.15) is 0 Å². The summed E-state index contributed by atoms with van der Waals surface area (Å²) in [6.07, 6.45) is 3.25. The average molecular weight is 293 g/mol. The van der Waals surface area contributed by atoms with Crippen LogP contribution in [-0.2, 0) is 6.42 Å². The van der Waals surface area contributed by atoms with Crippen LogP contribution in [0.5, 0.6) is 0 Å². The van der Waals surface area contributed by atoms with Crippen molar-refractivity contribution in [1.82, 2.24) is 4.90 Å². The Morgan fingerprint density at radius 2 is 1.95 bits per heavy atom. The SMILES string of the molecule is CCCc1cccc(C(=O)SCCCN(CC)CC)c1. The smallest absolute Gasteiger partial charge is 0.219 e. The first-order valence-electron chi connectivity index (χ1n) is 7.69. The van der Waals surface area contributed by atoms with Crippen LogP contribution < -0.4 is 0 Å². The third-order valence-electron chi connectivity index (χ3n) is 3.45. The van der Waals surface area contributed by atoms with Gasteiger partial charge in [-0.15, -0.1) is 0 Å². The molecule has 0 amide bonds. The summed E-state index contributed by atoms with van der Waals surface area (Å²) in [5, 5.41) is 0.211. The Morgan fingerprint density at radius 1 is 1.20 bits per heavy atom. The summed E-state index contributed by atoms with van der Waals surface area (Å²) in [6, 6.07) is 8.07. The van der Waals surface area contributed by atoms with Crippen molar-refractivity contribution < 1.29 is 4.79 Å². The molecule has 20 heavy (non-hydrogen) atoms. The number of carbonyl (C=O) groups excluding carboxylic acids is 1. The summed E-state index contributed by atoms with van der Waals surface area (Å²) in [4.78, 5) is 14.5. The zero-order valence-electron chi connectivity index (χ0n) is 13.0. The van der Waals surface area contributed by atoms with Gasteiger partial charge in [-0.05, 0) is 44.1 Å². The van der Waals surface area contributed by atoms with Crippen molar-refractivity contribution in [3.63, 3.8) is 0 Å². The lowest BCUT2D eigenvalue weighted by Crippen LogP contribution is -2.24. The lowest BCUT2D eigenvalue weighted by atomic mass is 10.1. The van der Waals surface area contributed by atoms with Gasteiger partial charge in [0.15, 0.2) is 0 Å². The highest BCUT2D eigenvalue weighted by Gasteiger charge is 2.07. The lowest BCUT2D eigenvalue weighted by Gasteiger charge is -2.17. The van der Waals surface area contributed by atoms with Crippen molar-refractivity contribution in [1.29, 1.82) is 0 Å². The molecule has 0 N–H and O–H groups in total. The Labute approximate surface area is 127 Å². The number of carbonyl (C=O) groups is 1. The van der Waals surface area contributed by atoms with Gasteiger partial charge in [-0.25, -0.2) is 0 Å². The number of thioether (sulfide) groups is 1. The molecule has 3 heteroatoms. The molecule has 0 unspecified atom stereocenters. The number of hydrogen-bond acceptors (Lipinski definition) is 3. The van der Waals surface area contributed by atoms with E-state index in [2.05, 4.69) is 31.7 Å². The fourth-order valence-electron chi connectivity index (χ4n) is 2.22. The summed E-state index contributed by atoms with van der Waals surface area (Å²) in [7, 11) is 0. The standard InChI is InChI=1S/C17H27NOS/c1-4-9-15-10-7-11-16(14-15)17(19)20-13-8-12-18(5-2)6-3/h7,10-11,14H,4-6,8-9,12-13H2,1-3H3. The van der Waals surface area contributed by atoms with Gasteiger partial charge in [0, 0.05) is 11.3 Å². The molecule has 0 saturated heterocycles. The second-order valence-electron chi connectivity index (χ2n) is 4.97. The van der Waals surface area contributed by atoms with Crippen molar-refractivity contribution in [2.45, 2.75) is 40.0 Å². The molecule has 1 rings (SSSR count). The van der Waals surface area contributed by atoms with Gasteiger partial charge in [0.25, 0.3) is 0 Å². The van der Waals surface area contributed by atoms with Crippen LogP contribution in [0.25, 0.3) is 0 Å². The number of rotatable bonds is 9. The van der Waals surface area contributed by atoms with Crippen molar-refractivity contribution in [2.24, 2.45) is 0 Å². The third kappa shape index (κ3) is 6.10. The summed E-state index contributed by atoms with van der Waals surface area (Å²) in [5.74, 6) is 0.910. The molecule has 0 heterocycles. The van der Waals surface area contributed by atoms with E-state index in [1.807, 2.05) is 18.2 Å². The molecule has 2 nitrogen and oxygen atoms in total. The summed E-state index contributed by atoms with van der Waals surface area (Å²) in [6.45, 7) is 9.80. The van der Waals surface area contributed by atoms with Gasteiger partial charge < -0.3 is 4.90 Å². The molecule has 0 aliphatic carbocycles. The quantitative estimate of drug-likeness (QED) is 0.635. The number of aryl methyl sites for hydroxylation is 1. The third-order valence-corrected chi connectivity index (χ3v) is 4.44. The van der Waals surface area contributed by atoms with Crippen LogP contribution in [-0.4, -0.2) is 35.4 Å². The summed E-state index contributed by atoms with van der Waals surface area (Å²) in [5.41, 5.74) is 2.12. The van der Waals surface area contributed by atoms with Crippen LogP contribution in [0.15, 0.2) is 24.3 Å². The molecular weight excluding hydrogens is 266 g/mol. The molecule has 0 aliphatic heterocycles. The van der Waals surface area contributed by atoms with E-state index in [-0.39, 0.29) is 5.12 Å². The number of hydrogen-bond donors (Lipinski definition) is 0. The highest BCUT2D eigenvalue weighted by molar-refractivity contribution is 8.14. The highest BCUT2D eigenvalue weighted by atomic mass is 32.2. The van der Waals surface area contributed by atoms with Crippen molar-refractivity contribution in [3.05, 3.63) is 35.4 Å². The zero-order chi connectivity index (χ0) is 14.8. The first-order valence-corrected chi connectivity index (χ1v) is 8.68. The molecule has 1 aromatic carbocycles. The van der Waals surface area contributed by atoms with Crippen LogP contribution in [0.4, 0.5) is 0 Å². The van der Waals surface area contributed by atoms with E-state index >= 15 is 0 Å². The Hall–Kier alpha value is -0.800. The van der Waals surface area contributed by atoms with Gasteiger partial charge >= 0.3 is 0 Å². The molecule has 0 aromatic heterocycles. The molecule has 0 saturated carbocycles. The van der Waals surface area contributed by atoms with Crippen molar-refractivity contribution in [2.75, 3.05) is 25.4 Å². The van der Waals surface area contributed by atoms with Crippen LogP contribution in [0.3, 0.4) is 0 Å². The van der Waals surface area contributed by atoms with Gasteiger partial charge in [0.1, 0.15) is 0 Å². The number of nitrogens with zero attached hydrogens (tertiary/aromatic N) is 1. The summed E-state index contributed by atoms with van der Waals surface area (Å²) >= 11 is 1.45. The van der Waals surface area contributed by atoms with Gasteiger partial charge in [0.2, 0.25) is 5.12 Å². The van der Waals surface area contributed by atoms with E-state index in [0.29, 0.717) is 0 Å².